The van der Waals surface area contributed by atoms with Gasteiger partial charge in [-0.25, -0.2) is 0 Å². The number of rotatable bonds is 1. The molecule has 1 aliphatic rings. The second-order valence-electron chi connectivity index (χ2n) is 3.69. The van der Waals surface area contributed by atoms with Gasteiger partial charge in [0.2, 0.25) is 0 Å². The molecular weight excluding hydrogens is 194 g/mol. The molecule has 2 atom stereocenters. The number of phenols is 1. The molecule has 2 nitrogen and oxygen atoms in total. The molecule has 3 heteroatoms. The minimum absolute atomic E-state index is 0.182. The number of aromatic hydroxyl groups is 1. The van der Waals surface area contributed by atoms with E-state index in [0.717, 1.165) is 23.5 Å². The van der Waals surface area contributed by atoms with Crippen LogP contribution in [0.25, 0.3) is 0 Å². The van der Waals surface area contributed by atoms with Crippen LogP contribution in [0.2, 0.25) is 0 Å². The van der Waals surface area contributed by atoms with E-state index in [0.29, 0.717) is 11.7 Å². The lowest BCUT2D eigenvalue weighted by atomic mass is 9.89. The van der Waals surface area contributed by atoms with E-state index in [4.69, 9.17) is 5.73 Å². The summed E-state index contributed by atoms with van der Waals surface area (Å²) in [7, 11) is 0. The lowest BCUT2D eigenvalue weighted by molar-refractivity contribution is 0.448. The Morgan fingerprint density at radius 3 is 2.86 bits per heavy atom. The average molecular weight is 209 g/mol. The van der Waals surface area contributed by atoms with E-state index in [1.807, 2.05) is 30.0 Å². The molecule has 1 saturated heterocycles. The molecular formula is C11H15NOS. The molecule has 0 saturated carbocycles. The van der Waals surface area contributed by atoms with Crippen molar-refractivity contribution >= 4 is 11.8 Å². The molecule has 0 amide bonds. The summed E-state index contributed by atoms with van der Waals surface area (Å²) in [6.07, 6.45) is 1.07. The molecule has 76 valence electrons. The Kier molecular flexibility index (Phi) is 2.99. The van der Waals surface area contributed by atoms with E-state index in [1.54, 1.807) is 6.07 Å². The zero-order chi connectivity index (χ0) is 9.97. The predicted molar refractivity (Wildman–Crippen MR) is 60.8 cm³/mol. The van der Waals surface area contributed by atoms with Crippen LogP contribution in [0.5, 0.6) is 5.75 Å². The predicted octanol–water partition coefficient (Wildman–Crippen LogP) is 1.94. The SMILES string of the molecule is NC1CSCCC1c1ccccc1O. The number of para-hydroxylation sites is 1. The topological polar surface area (TPSA) is 46.2 Å². The first-order valence-corrected chi connectivity index (χ1v) is 6.05. The van der Waals surface area contributed by atoms with Gasteiger partial charge in [-0.15, -0.1) is 0 Å². The maximum Gasteiger partial charge on any atom is 0.119 e. The van der Waals surface area contributed by atoms with Gasteiger partial charge in [0.1, 0.15) is 5.75 Å². The van der Waals surface area contributed by atoms with Crippen molar-refractivity contribution in [2.45, 2.75) is 18.4 Å². The number of hydrogen-bond acceptors (Lipinski definition) is 3. The van der Waals surface area contributed by atoms with Gasteiger partial charge in [-0.05, 0) is 23.8 Å². The molecule has 0 radical (unpaired) electrons. The first-order valence-electron chi connectivity index (χ1n) is 4.90. The van der Waals surface area contributed by atoms with Crippen LogP contribution in [0, 0.1) is 0 Å². The fourth-order valence-electron chi connectivity index (χ4n) is 1.95. The Morgan fingerprint density at radius 1 is 1.36 bits per heavy atom. The maximum absolute atomic E-state index is 9.72. The molecule has 2 unspecified atom stereocenters. The van der Waals surface area contributed by atoms with Gasteiger partial charge in [0.15, 0.2) is 0 Å². The summed E-state index contributed by atoms with van der Waals surface area (Å²) in [6.45, 7) is 0. The van der Waals surface area contributed by atoms with Crippen molar-refractivity contribution in [2.75, 3.05) is 11.5 Å². The normalized spacial score (nSPS) is 27.5. The van der Waals surface area contributed by atoms with Crippen molar-refractivity contribution in [3.8, 4) is 5.75 Å². The third kappa shape index (κ3) is 1.88. The fourth-order valence-corrected chi connectivity index (χ4v) is 3.04. The maximum atomic E-state index is 9.72. The Balaban J connectivity index is 2.25. The van der Waals surface area contributed by atoms with Gasteiger partial charge in [-0.2, -0.15) is 11.8 Å². The minimum Gasteiger partial charge on any atom is -0.508 e. The highest BCUT2D eigenvalue weighted by Crippen LogP contribution is 2.35. The molecule has 3 N–H and O–H groups in total. The third-order valence-electron chi connectivity index (χ3n) is 2.74. The number of thioether (sulfide) groups is 1. The van der Waals surface area contributed by atoms with E-state index in [1.165, 1.54) is 0 Å². The Hall–Kier alpha value is -0.670. The van der Waals surface area contributed by atoms with Gasteiger partial charge in [0.05, 0.1) is 0 Å². The molecule has 1 fully saturated rings. The summed E-state index contributed by atoms with van der Waals surface area (Å²) in [6, 6.07) is 7.72. The van der Waals surface area contributed by atoms with Crippen molar-refractivity contribution in [3.05, 3.63) is 29.8 Å². The number of benzene rings is 1. The van der Waals surface area contributed by atoms with Gasteiger partial charge in [0, 0.05) is 17.7 Å². The van der Waals surface area contributed by atoms with E-state index in [9.17, 15) is 5.11 Å². The van der Waals surface area contributed by atoms with E-state index >= 15 is 0 Å². The minimum atomic E-state index is 0.182. The van der Waals surface area contributed by atoms with Crippen LogP contribution in [0.3, 0.4) is 0 Å². The van der Waals surface area contributed by atoms with Crippen LogP contribution in [0.1, 0.15) is 17.9 Å². The highest BCUT2D eigenvalue weighted by molar-refractivity contribution is 7.99. The highest BCUT2D eigenvalue weighted by atomic mass is 32.2. The molecule has 2 rings (SSSR count). The van der Waals surface area contributed by atoms with Crippen LogP contribution in [0.15, 0.2) is 24.3 Å². The van der Waals surface area contributed by atoms with Crippen molar-refractivity contribution in [3.63, 3.8) is 0 Å². The van der Waals surface area contributed by atoms with E-state index in [-0.39, 0.29) is 6.04 Å². The van der Waals surface area contributed by atoms with Crippen molar-refractivity contribution in [1.29, 1.82) is 0 Å². The average Bonchev–Trinajstić information content (AvgIpc) is 2.20. The van der Waals surface area contributed by atoms with Crippen molar-refractivity contribution < 1.29 is 5.11 Å². The summed E-state index contributed by atoms with van der Waals surface area (Å²) in [4.78, 5) is 0. The van der Waals surface area contributed by atoms with Gasteiger partial charge in [0.25, 0.3) is 0 Å². The second kappa shape index (κ2) is 4.24. The van der Waals surface area contributed by atoms with E-state index in [2.05, 4.69) is 0 Å². The Labute approximate surface area is 88.5 Å². The zero-order valence-corrected chi connectivity index (χ0v) is 8.83. The molecule has 1 heterocycles. The summed E-state index contributed by atoms with van der Waals surface area (Å²) < 4.78 is 0. The lowest BCUT2D eigenvalue weighted by Crippen LogP contribution is -2.34. The van der Waals surface area contributed by atoms with Gasteiger partial charge < -0.3 is 10.8 Å². The third-order valence-corrected chi connectivity index (χ3v) is 3.88. The molecule has 14 heavy (non-hydrogen) atoms. The summed E-state index contributed by atoms with van der Waals surface area (Å²) >= 11 is 1.90. The lowest BCUT2D eigenvalue weighted by Gasteiger charge is -2.28. The van der Waals surface area contributed by atoms with E-state index < -0.39 is 0 Å². The number of nitrogens with two attached hydrogens (primary N) is 1. The largest absolute Gasteiger partial charge is 0.508 e. The van der Waals surface area contributed by atoms with Crippen molar-refractivity contribution in [2.24, 2.45) is 5.73 Å². The monoisotopic (exact) mass is 209 g/mol. The standard InChI is InChI=1S/C11H15NOS/c12-10-7-14-6-5-8(10)9-3-1-2-4-11(9)13/h1-4,8,10,13H,5-7,12H2. The van der Waals surface area contributed by atoms with Crippen molar-refractivity contribution in [1.82, 2.24) is 0 Å². The first-order chi connectivity index (χ1) is 6.79. The van der Waals surface area contributed by atoms with Gasteiger partial charge in [-0.1, -0.05) is 18.2 Å². The van der Waals surface area contributed by atoms with Crippen LogP contribution in [-0.2, 0) is 0 Å². The molecule has 0 aliphatic carbocycles. The van der Waals surface area contributed by atoms with Crippen LogP contribution < -0.4 is 5.73 Å². The van der Waals surface area contributed by atoms with Gasteiger partial charge in [-0.3, -0.25) is 0 Å². The first kappa shape index (κ1) is 9.87. The van der Waals surface area contributed by atoms with Crippen LogP contribution in [-0.4, -0.2) is 22.7 Å². The van der Waals surface area contributed by atoms with Gasteiger partial charge >= 0.3 is 0 Å². The van der Waals surface area contributed by atoms with Crippen LogP contribution in [0.4, 0.5) is 0 Å². The Morgan fingerprint density at radius 2 is 2.14 bits per heavy atom. The molecule has 1 aromatic carbocycles. The molecule has 0 bridgehead atoms. The summed E-state index contributed by atoms with van der Waals surface area (Å²) in [5.74, 6) is 2.86. The second-order valence-corrected chi connectivity index (χ2v) is 4.84. The molecule has 1 aliphatic heterocycles. The number of hydrogen-bond donors (Lipinski definition) is 2. The quantitative estimate of drug-likeness (QED) is 0.743. The Bertz CT molecular complexity index is 316. The summed E-state index contributed by atoms with van der Waals surface area (Å²) in [5.41, 5.74) is 7.06. The zero-order valence-electron chi connectivity index (χ0n) is 8.02. The highest BCUT2D eigenvalue weighted by Gasteiger charge is 2.25. The molecule has 0 spiro atoms. The number of phenolic OH excluding ortho intramolecular Hbond substituents is 1. The fraction of sp³-hybridized carbons (Fsp3) is 0.455. The van der Waals surface area contributed by atoms with Crippen LogP contribution >= 0.6 is 11.8 Å². The summed E-state index contributed by atoms with van der Waals surface area (Å²) in [5, 5.41) is 9.72. The molecule has 0 aromatic heterocycles. The molecule has 1 aromatic rings. The smallest absolute Gasteiger partial charge is 0.119 e.